The van der Waals surface area contributed by atoms with Crippen LogP contribution in [0.2, 0.25) is 0 Å². The summed E-state index contributed by atoms with van der Waals surface area (Å²) in [5.41, 5.74) is 12.4. The van der Waals surface area contributed by atoms with Crippen LogP contribution >= 0.6 is 0 Å². The van der Waals surface area contributed by atoms with Gasteiger partial charge in [0.25, 0.3) is 0 Å². The van der Waals surface area contributed by atoms with Gasteiger partial charge in [-0.05, 0) is 37.1 Å². The van der Waals surface area contributed by atoms with Crippen molar-refractivity contribution < 1.29 is 17.9 Å². The monoisotopic (exact) mass is 410 g/mol. The average molecular weight is 410 g/mol. The average Bonchev–Trinajstić information content (AvgIpc) is 2.81. The fraction of sp³-hybridized carbons (Fsp3) is 0.429. The highest BCUT2D eigenvalue weighted by atomic mass is 19.4. The van der Waals surface area contributed by atoms with Crippen LogP contribution in [0.4, 0.5) is 13.2 Å². The van der Waals surface area contributed by atoms with Crippen molar-refractivity contribution in [1.82, 2.24) is 0 Å². The SMILES string of the molecule is C/C(N)=C/C1=NC(N)=CCN=C1c1ccccc1OC(F)(F)F.CCC(C)CC. The second kappa shape index (κ2) is 11.3. The number of hydrogen-bond donors (Lipinski definition) is 2. The van der Waals surface area contributed by atoms with Gasteiger partial charge in [0, 0.05) is 11.3 Å². The van der Waals surface area contributed by atoms with E-state index < -0.39 is 6.36 Å². The van der Waals surface area contributed by atoms with E-state index in [1.165, 1.54) is 37.1 Å². The standard InChI is InChI=1S/C15H15F3N4O.C6H14/c1-9(19)8-11-14(21-7-6-13(20)22-11)10-4-2-3-5-12(10)23-15(16,17)18;1-4-6(3)5-2/h2-6,8H,7,19-20H2,1H3;6H,4-5H2,1-3H3/b9-8-;. The summed E-state index contributed by atoms with van der Waals surface area (Å²) in [6.07, 6.45) is 0.901. The lowest BCUT2D eigenvalue weighted by molar-refractivity contribution is -0.274. The van der Waals surface area contributed by atoms with Crippen molar-refractivity contribution in [2.45, 2.75) is 46.9 Å². The number of hydrogen-bond acceptors (Lipinski definition) is 5. The molecule has 0 saturated carbocycles. The summed E-state index contributed by atoms with van der Waals surface area (Å²) in [5.74, 6) is 0.783. The van der Waals surface area contributed by atoms with Crippen LogP contribution in [0.15, 0.2) is 57.9 Å². The third kappa shape index (κ3) is 8.85. The van der Waals surface area contributed by atoms with Gasteiger partial charge in [-0.3, -0.25) is 4.99 Å². The van der Waals surface area contributed by atoms with Crippen LogP contribution in [-0.4, -0.2) is 24.3 Å². The Hall–Kier alpha value is -2.77. The largest absolute Gasteiger partial charge is 0.573 e. The third-order valence-corrected chi connectivity index (χ3v) is 4.17. The Bertz CT molecular complexity index is 787. The van der Waals surface area contributed by atoms with Gasteiger partial charge in [-0.15, -0.1) is 13.2 Å². The highest BCUT2D eigenvalue weighted by molar-refractivity contribution is 6.52. The molecule has 5 nitrogen and oxygen atoms in total. The maximum atomic E-state index is 12.6. The molecule has 8 heteroatoms. The first-order chi connectivity index (χ1) is 13.6. The van der Waals surface area contributed by atoms with Crippen molar-refractivity contribution in [1.29, 1.82) is 0 Å². The number of rotatable bonds is 5. The molecular weight excluding hydrogens is 381 g/mol. The molecular formula is C21H29F3N4O. The second-order valence-electron chi connectivity index (χ2n) is 6.67. The zero-order chi connectivity index (χ0) is 22.0. The van der Waals surface area contributed by atoms with Crippen LogP contribution in [0.1, 0.15) is 46.1 Å². The topological polar surface area (TPSA) is 86.0 Å². The predicted molar refractivity (Wildman–Crippen MR) is 112 cm³/mol. The van der Waals surface area contributed by atoms with Crippen molar-refractivity contribution in [2.75, 3.05) is 6.54 Å². The molecule has 160 valence electrons. The number of aliphatic imine (C=N–C) groups is 2. The fourth-order valence-electron chi connectivity index (χ4n) is 2.25. The van der Waals surface area contributed by atoms with Gasteiger partial charge in [0.1, 0.15) is 11.6 Å². The molecule has 0 fully saturated rings. The molecule has 0 aliphatic carbocycles. The van der Waals surface area contributed by atoms with Crippen LogP contribution in [0, 0.1) is 5.92 Å². The Kier molecular flexibility index (Phi) is 9.44. The number of nitrogens with zero attached hydrogens (tertiary/aromatic N) is 2. The van der Waals surface area contributed by atoms with Crippen LogP contribution in [0.5, 0.6) is 5.75 Å². The van der Waals surface area contributed by atoms with Gasteiger partial charge in [0.05, 0.1) is 18.0 Å². The Balaban J connectivity index is 0.000000612. The molecule has 0 atom stereocenters. The molecule has 1 aliphatic heterocycles. The summed E-state index contributed by atoms with van der Waals surface area (Å²) in [7, 11) is 0. The van der Waals surface area contributed by atoms with Crippen molar-refractivity contribution in [2.24, 2.45) is 27.4 Å². The Labute approximate surface area is 170 Å². The van der Waals surface area contributed by atoms with E-state index in [1.54, 1.807) is 19.1 Å². The van der Waals surface area contributed by atoms with Crippen molar-refractivity contribution in [3.63, 3.8) is 0 Å². The van der Waals surface area contributed by atoms with E-state index in [0.29, 0.717) is 5.70 Å². The first kappa shape index (κ1) is 24.3. The number of halogens is 3. The Morgan fingerprint density at radius 1 is 1.24 bits per heavy atom. The number of allylic oxidation sites excluding steroid dienone is 2. The summed E-state index contributed by atoms with van der Waals surface area (Å²) in [5, 5.41) is 0. The molecule has 0 aromatic heterocycles. The zero-order valence-electron chi connectivity index (χ0n) is 17.3. The first-order valence-corrected chi connectivity index (χ1v) is 9.45. The molecule has 4 N–H and O–H groups in total. The van der Waals surface area contributed by atoms with E-state index in [2.05, 4.69) is 35.5 Å². The normalized spacial score (nSPS) is 14.9. The van der Waals surface area contributed by atoms with E-state index >= 15 is 0 Å². The minimum atomic E-state index is -4.81. The highest BCUT2D eigenvalue weighted by Crippen LogP contribution is 2.27. The molecule has 0 saturated heterocycles. The molecule has 1 heterocycles. The van der Waals surface area contributed by atoms with Crippen molar-refractivity contribution in [3.05, 3.63) is 53.5 Å². The van der Waals surface area contributed by atoms with E-state index in [-0.39, 0.29) is 35.1 Å². The summed E-state index contributed by atoms with van der Waals surface area (Å²) in [4.78, 5) is 8.39. The van der Waals surface area contributed by atoms with Gasteiger partial charge >= 0.3 is 6.36 Å². The molecule has 0 radical (unpaired) electrons. The number of nitrogens with two attached hydrogens (primary N) is 2. The fourth-order valence-corrected chi connectivity index (χ4v) is 2.25. The lowest BCUT2D eigenvalue weighted by Gasteiger charge is -2.14. The minimum Gasteiger partial charge on any atom is -0.405 e. The van der Waals surface area contributed by atoms with Crippen LogP contribution in [0.3, 0.4) is 0 Å². The summed E-state index contributed by atoms with van der Waals surface area (Å²) < 4.78 is 41.8. The quantitative estimate of drug-likeness (QED) is 0.721. The number of benzene rings is 1. The summed E-state index contributed by atoms with van der Waals surface area (Å²) in [6.45, 7) is 8.55. The zero-order valence-corrected chi connectivity index (χ0v) is 17.3. The molecule has 0 bridgehead atoms. The molecule has 0 amide bonds. The van der Waals surface area contributed by atoms with Crippen LogP contribution in [0.25, 0.3) is 0 Å². The van der Waals surface area contributed by atoms with Gasteiger partial charge in [0.2, 0.25) is 0 Å². The molecule has 2 rings (SSSR count). The van der Waals surface area contributed by atoms with E-state index in [1.807, 2.05) is 0 Å². The molecule has 1 aliphatic rings. The highest BCUT2D eigenvalue weighted by Gasteiger charge is 2.33. The van der Waals surface area contributed by atoms with E-state index in [0.717, 1.165) is 5.92 Å². The van der Waals surface area contributed by atoms with Crippen molar-refractivity contribution in [3.8, 4) is 5.75 Å². The van der Waals surface area contributed by atoms with Gasteiger partial charge < -0.3 is 16.2 Å². The molecule has 0 spiro atoms. The number of para-hydroxylation sites is 1. The maximum absolute atomic E-state index is 12.6. The number of ether oxygens (including phenoxy) is 1. The van der Waals surface area contributed by atoms with Gasteiger partial charge in [-0.1, -0.05) is 45.7 Å². The van der Waals surface area contributed by atoms with Gasteiger partial charge in [-0.25, -0.2) is 4.99 Å². The lowest BCUT2D eigenvalue weighted by Crippen LogP contribution is -2.22. The van der Waals surface area contributed by atoms with Crippen LogP contribution < -0.4 is 16.2 Å². The predicted octanol–water partition coefficient (Wildman–Crippen LogP) is 4.93. The molecule has 0 unspecified atom stereocenters. The van der Waals surface area contributed by atoms with E-state index in [9.17, 15) is 13.2 Å². The van der Waals surface area contributed by atoms with Crippen LogP contribution in [-0.2, 0) is 0 Å². The smallest absolute Gasteiger partial charge is 0.405 e. The Morgan fingerprint density at radius 3 is 2.38 bits per heavy atom. The van der Waals surface area contributed by atoms with Gasteiger partial charge in [0.15, 0.2) is 0 Å². The maximum Gasteiger partial charge on any atom is 0.573 e. The first-order valence-electron chi connectivity index (χ1n) is 9.45. The van der Waals surface area contributed by atoms with E-state index in [4.69, 9.17) is 11.5 Å². The molecule has 29 heavy (non-hydrogen) atoms. The third-order valence-electron chi connectivity index (χ3n) is 4.17. The van der Waals surface area contributed by atoms with Crippen molar-refractivity contribution >= 4 is 11.4 Å². The lowest BCUT2D eigenvalue weighted by atomic mass is 10.0. The minimum absolute atomic E-state index is 0.157. The summed E-state index contributed by atoms with van der Waals surface area (Å²) >= 11 is 0. The molecule has 1 aromatic carbocycles. The number of alkyl halides is 3. The Morgan fingerprint density at radius 2 is 1.86 bits per heavy atom. The summed E-state index contributed by atoms with van der Waals surface area (Å²) in [6, 6.07) is 5.70. The second-order valence-corrected chi connectivity index (χ2v) is 6.67. The van der Waals surface area contributed by atoms with Gasteiger partial charge in [-0.2, -0.15) is 0 Å². The molecule has 1 aromatic rings.